The van der Waals surface area contributed by atoms with E-state index in [0.717, 1.165) is 30.7 Å². The van der Waals surface area contributed by atoms with Crippen LogP contribution in [0, 0.1) is 11.6 Å². The van der Waals surface area contributed by atoms with Crippen LogP contribution in [-0.4, -0.2) is 44.8 Å². The molecule has 0 aliphatic heterocycles. The second-order valence-corrected chi connectivity index (χ2v) is 8.83. The average Bonchev–Trinajstić information content (AvgIpc) is 2.76. The molecule has 33 heavy (non-hydrogen) atoms. The molecule has 0 saturated heterocycles. The lowest BCUT2D eigenvalue weighted by atomic mass is 10.1. The quantitative estimate of drug-likeness (QED) is 0.304. The number of aromatic nitrogens is 1. The highest BCUT2D eigenvalue weighted by atomic mass is 32.2. The molecule has 0 unspecified atom stereocenters. The SMILES string of the molecule is C/C=C/C(N=CNNc1ncc(S(C)(=O)=O)cc1C(=O)N[C@@H](C)c1ccc(F)c(F)c1)=NC. The number of benzene rings is 1. The topological polar surface area (TPSA) is 125 Å². The van der Waals surface area contributed by atoms with Crippen molar-refractivity contribution < 1.29 is 22.0 Å². The van der Waals surface area contributed by atoms with Crippen LogP contribution in [0.25, 0.3) is 0 Å². The zero-order valence-corrected chi connectivity index (χ0v) is 19.2. The van der Waals surface area contributed by atoms with Gasteiger partial charge in [0.25, 0.3) is 5.91 Å². The molecule has 0 saturated carbocycles. The van der Waals surface area contributed by atoms with Gasteiger partial charge in [-0.1, -0.05) is 12.1 Å². The maximum absolute atomic E-state index is 13.5. The van der Waals surface area contributed by atoms with E-state index < -0.39 is 33.4 Å². The molecule has 2 aromatic rings. The molecule has 0 aliphatic carbocycles. The van der Waals surface area contributed by atoms with Gasteiger partial charge in [0, 0.05) is 19.5 Å². The number of amides is 1. The molecule has 1 aromatic heterocycles. The molecule has 0 spiro atoms. The summed E-state index contributed by atoms with van der Waals surface area (Å²) in [6.07, 6.45) is 6.80. The van der Waals surface area contributed by atoms with Crippen molar-refractivity contribution in [3.63, 3.8) is 0 Å². The Labute approximate surface area is 190 Å². The van der Waals surface area contributed by atoms with Crippen molar-refractivity contribution >= 4 is 33.7 Å². The van der Waals surface area contributed by atoms with Crippen molar-refractivity contribution in [2.75, 3.05) is 18.7 Å². The minimum absolute atomic E-state index is 0.0184. The van der Waals surface area contributed by atoms with Crippen LogP contribution in [0.2, 0.25) is 0 Å². The Morgan fingerprint density at radius 1 is 1.21 bits per heavy atom. The van der Waals surface area contributed by atoms with Gasteiger partial charge in [-0.3, -0.25) is 20.6 Å². The molecular formula is C21H24F2N6O3S. The number of nitrogens with zero attached hydrogens (tertiary/aromatic N) is 3. The molecule has 0 aliphatic rings. The number of hydrogen-bond acceptors (Lipinski definition) is 6. The summed E-state index contributed by atoms with van der Waals surface area (Å²) in [5.41, 5.74) is 5.54. The minimum atomic E-state index is -3.64. The molecule has 0 fully saturated rings. The molecule has 1 amide bonds. The van der Waals surface area contributed by atoms with Crippen LogP contribution in [0.4, 0.5) is 14.6 Å². The molecule has 12 heteroatoms. The van der Waals surface area contributed by atoms with Crippen molar-refractivity contribution in [2.24, 2.45) is 9.98 Å². The summed E-state index contributed by atoms with van der Waals surface area (Å²) in [5, 5.41) is 2.62. The highest BCUT2D eigenvalue weighted by Gasteiger charge is 2.20. The monoisotopic (exact) mass is 478 g/mol. The number of sulfone groups is 1. The zero-order chi connectivity index (χ0) is 24.6. The number of hydrogen-bond donors (Lipinski definition) is 3. The van der Waals surface area contributed by atoms with E-state index in [1.807, 2.05) is 6.92 Å². The predicted octanol–water partition coefficient (Wildman–Crippen LogP) is 2.80. The first-order valence-corrected chi connectivity index (χ1v) is 11.6. The van der Waals surface area contributed by atoms with Gasteiger partial charge in [-0.15, -0.1) is 0 Å². The fourth-order valence-electron chi connectivity index (χ4n) is 2.58. The Morgan fingerprint density at radius 3 is 2.55 bits per heavy atom. The van der Waals surface area contributed by atoms with Gasteiger partial charge in [0.2, 0.25) is 0 Å². The molecule has 1 atom stereocenters. The highest BCUT2D eigenvalue weighted by molar-refractivity contribution is 7.90. The van der Waals surface area contributed by atoms with Gasteiger partial charge in [0.15, 0.2) is 27.3 Å². The number of anilines is 1. The minimum Gasteiger partial charge on any atom is -0.345 e. The third-order valence-corrected chi connectivity index (χ3v) is 5.40. The Morgan fingerprint density at radius 2 is 1.94 bits per heavy atom. The Hall–Kier alpha value is -3.67. The number of carbonyl (C=O) groups excluding carboxylic acids is 1. The van der Waals surface area contributed by atoms with E-state index >= 15 is 0 Å². The lowest BCUT2D eigenvalue weighted by Crippen LogP contribution is -2.30. The predicted molar refractivity (Wildman–Crippen MR) is 123 cm³/mol. The summed E-state index contributed by atoms with van der Waals surface area (Å²) in [4.78, 5) is 24.8. The van der Waals surface area contributed by atoms with E-state index in [9.17, 15) is 22.0 Å². The van der Waals surface area contributed by atoms with Gasteiger partial charge in [-0.25, -0.2) is 27.2 Å². The van der Waals surface area contributed by atoms with Gasteiger partial charge in [-0.05, 0) is 43.7 Å². The fourth-order valence-corrected chi connectivity index (χ4v) is 3.16. The molecule has 9 nitrogen and oxygen atoms in total. The number of allylic oxidation sites excluding steroid dienone is 1. The molecule has 2 rings (SSSR count). The van der Waals surface area contributed by atoms with Gasteiger partial charge in [-0.2, -0.15) is 0 Å². The van der Waals surface area contributed by atoms with Crippen LogP contribution < -0.4 is 16.2 Å². The summed E-state index contributed by atoms with van der Waals surface area (Å²) in [5.74, 6) is -2.29. The number of carbonyl (C=O) groups is 1. The first-order chi connectivity index (χ1) is 15.6. The van der Waals surface area contributed by atoms with E-state index in [0.29, 0.717) is 11.4 Å². The van der Waals surface area contributed by atoms with E-state index in [-0.39, 0.29) is 16.3 Å². The van der Waals surface area contributed by atoms with Crippen LogP contribution in [0.1, 0.15) is 35.8 Å². The van der Waals surface area contributed by atoms with Gasteiger partial charge >= 0.3 is 0 Å². The third-order valence-electron chi connectivity index (χ3n) is 4.32. The Balaban J connectivity index is 2.28. The first kappa shape index (κ1) is 25.6. The summed E-state index contributed by atoms with van der Waals surface area (Å²) in [6, 6.07) is 3.72. The van der Waals surface area contributed by atoms with Gasteiger partial charge < -0.3 is 5.32 Å². The lowest BCUT2D eigenvalue weighted by Gasteiger charge is -2.17. The lowest BCUT2D eigenvalue weighted by molar-refractivity contribution is 0.0940. The average molecular weight is 479 g/mol. The second kappa shape index (κ2) is 11.3. The normalized spacial score (nSPS) is 13.3. The fraction of sp³-hybridized carbons (Fsp3) is 0.238. The van der Waals surface area contributed by atoms with Crippen LogP contribution >= 0.6 is 0 Å². The zero-order valence-electron chi connectivity index (χ0n) is 18.4. The van der Waals surface area contributed by atoms with Crippen LogP contribution in [0.15, 0.2) is 57.5 Å². The number of rotatable bonds is 8. The van der Waals surface area contributed by atoms with E-state index in [1.165, 1.54) is 12.4 Å². The standard InChI is InChI=1S/C21H24F2N6O3S/c1-5-6-19(24-3)26-12-27-29-20-16(10-15(11-25-20)33(4,31)32)21(30)28-13(2)14-7-8-17(22)18(23)9-14/h5-13H,1-4H3,(H,25,29)(H,28,30)(H,24,26,27)/b6-5+/t13-/m0/s1. The maximum Gasteiger partial charge on any atom is 0.255 e. The second-order valence-electron chi connectivity index (χ2n) is 6.82. The summed E-state index contributed by atoms with van der Waals surface area (Å²) in [7, 11) is -2.07. The molecule has 0 bridgehead atoms. The third kappa shape index (κ3) is 7.17. The smallest absolute Gasteiger partial charge is 0.255 e. The molecule has 0 radical (unpaired) electrons. The van der Waals surface area contributed by atoms with Gasteiger partial charge in [0.05, 0.1) is 16.5 Å². The Kier molecular flexibility index (Phi) is 8.74. The Bertz CT molecular complexity index is 1210. The number of halogens is 2. The maximum atomic E-state index is 13.5. The van der Waals surface area contributed by atoms with E-state index in [4.69, 9.17) is 0 Å². The largest absolute Gasteiger partial charge is 0.345 e. The van der Waals surface area contributed by atoms with Crippen molar-refractivity contribution in [3.8, 4) is 0 Å². The first-order valence-electron chi connectivity index (χ1n) is 9.66. The van der Waals surface area contributed by atoms with Crippen molar-refractivity contribution in [2.45, 2.75) is 24.8 Å². The summed E-state index contributed by atoms with van der Waals surface area (Å²) >= 11 is 0. The van der Waals surface area contributed by atoms with Crippen molar-refractivity contribution in [3.05, 3.63) is 65.4 Å². The molecule has 1 heterocycles. The van der Waals surface area contributed by atoms with Crippen LogP contribution in [-0.2, 0) is 9.84 Å². The highest BCUT2D eigenvalue weighted by Crippen LogP contribution is 2.20. The van der Waals surface area contributed by atoms with E-state index in [2.05, 4.69) is 31.1 Å². The summed E-state index contributed by atoms with van der Waals surface area (Å²) in [6.45, 7) is 3.38. The number of hydrazine groups is 1. The van der Waals surface area contributed by atoms with Gasteiger partial charge in [0.1, 0.15) is 12.2 Å². The molecule has 176 valence electrons. The van der Waals surface area contributed by atoms with Crippen LogP contribution in [0.5, 0.6) is 0 Å². The number of pyridine rings is 1. The molecular weight excluding hydrogens is 454 g/mol. The van der Waals surface area contributed by atoms with E-state index in [1.54, 1.807) is 26.1 Å². The van der Waals surface area contributed by atoms with Crippen molar-refractivity contribution in [1.29, 1.82) is 0 Å². The molecule has 3 N–H and O–H groups in total. The molecule has 1 aromatic carbocycles. The number of amidine groups is 1. The number of aliphatic imine (C=N–C) groups is 2. The summed E-state index contributed by atoms with van der Waals surface area (Å²) < 4.78 is 50.6. The van der Waals surface area contributed by atoms with Crippen LogP contribution in [0.3, 0.4) is 0 Å². The van der Waals surface area contributed by atoms with Crippen molar-refractivity contribution in [1.82, 2.24) is 15.7 Å². The number of nitrogens with one attached hydrogen (secondary N) is 3.